The van der Waals surface area contributed by atoms with Crippen LogP contribution in [0.4, 0.5) is 0 Å². The molecule has 1 amide bonds. The molecule has 2 N–H and O–H groups in total. The lowest BCUT2D eigenvalue weighted by Crippen LogP contribution is -2.31. The van der Waals surface area contributed by atoms with Crippen LogP contribution in [0.25, 0.3) is 10.6 Å². The van der Waals surface area contributed by atoms with Crippen LogP contribution >= 0.6 is 11.3 Å². The Morgan fingerprint density at radius 1 is 1.10 bits per heavy atom. The average Bonchev–Trinajstić information content (AvgIpc) is 3.18. The van der Waals surface area contributed by atoms with Gasteiger partial charge in [-0.3, -0.25) is 4.79 Å². The Morgan fingerprint density at radius 3 is 2.27 bits per heavy atom. The monoisotopic (exact) mass is 428 g/mol. The van der Waals surface area contributed by atoms with Gasteiger partial charge in [-0.1, -0.05) is 30.3 Å². The second-order valence-corrected chi connectivity index (χ2v) is 7.66. The molecule has 1 atom stereocenters. The van der Waals surface area contributed by atoms with Crippen LogP contribution in [-0.4, -0.2) is 43.9 Å². The largest absolute Gasteiger partial charge is 0.493 e. The SMILES string of the molecule is COc1cc(-c2nc(C(=O)N[C@@H](CO)c3ccccc3)c(C)s2)cc(OC)c1OC. The number of aryl methyl sites for hydroxylation is 1. The first-order valence-electron chi connectivity index (χ1n) is 9.26. The summed E-state index contributed by atoms with van der Waals surface area (Å²) in [4.78, 5) is 18.2. The number of methoxy groups -OCH3 is 3. The molecule has 0 aliphatic heterocycles. The van der Waals surface area contributed by atoms with E-state index in [-0.39, 0.29) is 12.5 Å². The van der Waals surface area contributed by atoms with Gasteiger partial charge in [-0.05, 0) is 24.6 Å². The number of carbonyl (C=O) groups is 1. The molecule has 3 rings (SSSR count). The zero-order valence-corrected chi connectivity index (χ0v) is 18.1. The Kier molecular flexibility index (Phi) is 6.91. The van der Waals surface area contributed by atoms with Crippen molar-refractivity contribution in [2.45, 2.75) is 13.0 Å². The number of thiazole rings is 1. The molecule has 0 fully saturated rings. The second-order valence-electron chi connectivity index (χ2n) is 6.46. The lowest BCUT2D eigenvalue weighted by molar-refractivity contribution is 0.0911. The Hall–Kier alpha value is -3.10. The highest BCUT2D eigenvalue weighted by molar-refractivity contribution is 7.15. The van der Waals surface area contributed by atoms with E-state index in [9.17, 15) is 9.90 Å². The number of ether oxygens (including phenoxy) is 3. The van der Waals surface area contributed by atoms with E-state index in [2.05, 4.69) is 10.3 Å². The fraction of sp³-hybridized carbons (Fsp3) is 0.273. The summed E-state index contributed by atoms with van der Waals surface area (Å²) in [5, 5.41) is 13.2. The molecule has 2 aromatic carbocycles. The van der Waals surface area contributed by atoms with Crippen LogP contribution in [0.15, 0.2) is 42.5 Å². The number of aliphatic hydroxyl groups is 1. The predicted molar refractivity (Wildman–Crippen MR) is 116 cm³/mol. The minimum Gasteiger partial charge on any atom is -0.493 e. The quantitative estimate of drug-likeness (QED) is 0.570. The van der Waals surface area contributed by atoms with Crippen molar-refractivity contribution in [2.75, 3.05) is 27.9 Å². The molecule has 1 aromatic heterocycles. The van der Waals surface area contributed by atoms with E-state index >= 15 is 0 Å². The third-order valence-electron chi connectivity index (χ3n) is 4.61. The van der Waals surface area contributed by atoms with Crippen LogP contribution in [-0.2, 0) is 0 Å². The van der Waals surface area contributed by atoms with Gasteiger partial charge >= 0.3 is 0 Å². The molecule has 0 saturated heterocycles. The van der Waals surface area contributed by atoms with E-state index in [1.54, 1.807) is 33.5 Å². The van der Waals surface area contributed by atoms with Crippen molar-refractivity contribution in [3.05, 3.63) is 58.6 Å². The second kappa shape index (κ2) is 9.60. The van der Waals surface area contributed by atoms with Crippen molar-refractivity contribution >= 4 is 17.2 Å². The van der Waals surface area contributed by atoms with Gasteiger partial charge in [-0.15, -0.1) is 11.3 Å². The number of carbonyl (C=O) groups excluding carboxylic acids is 1. The van der Waals surface area contributed by atoms with Crippen molar-refractivity contribution in [3.8, 4) is 27.8 Å². The van der Waals surface area contributed by atoms with E-state index in [1.165, 1.54) is 11.3 Å². The molecule has 0 saturated carbocycles. The number of nitrogens with one attached hydrogen (secondary N) is 1. The molecule has 158 valence electrons. The summed E-state index contributed by atoms with van der Waals surface area (Å²) >= 11 is 1.39. The van der Waals surface area contributed by atoms with Gasteiger partial charge in [0.05, 0.1) is 34.0 Å². The zero-order valence-electron chi connectivity index (χ0n) is 17.3. The predicted octanol–water partition coefficient (Wildman–Crippen LogP) is 3.61. The fourth-order valence-corrected chi connectivity index (χ4v) is 3.98. The van der Waals surface area contributed by atoms with Crippen LogP contribution in [0.3, 0.4) is 0 Å². The highest BCUT2D eigenvalue weighted by atomic mass is 32.1. The number of hydrogen-bond acceptors (Lipinski definition) is 7. The molecular formula is C22H24N2O5S. The van der Waals surface area contributed by atoms with Gasteiger partial charge in [0, 0.05) is 10.4 Å². The molecule has 8 heteroatoms. The van der Waals surface area contributed by atoms with E-state index in [0.29, 0.717) is 28.0 Å². The van der Waals surface area contributed by atoms with Crippen LogP contribution < -0.4 is 19.5 Å². The molecule has 0 aliphatic carbocycles. The van der Waals surface area contributed by atoms with Gasteiger partial charge in [-0.2, -0.15) is 0 Å². The summed E-state index contributed by atoms with van der Waals surface area (Å²) in [5.74, 6) is 1.17. The lowest BCUT2D eigenvalue weighted by Gasteiger charge is -2.16. The zero-order chi connectivity index (χ0) is 21.7. The van der Waals surface area contributed by atoms with Crippen molar-refractivity contribution in [3.63, 3.8) is 0 Å². The first kappa shape index (κ1) is 21.6. The van der Waals surface area contributed by atoms with E-state index in [4.69, 9.17) is 14.2 Å². The number of aromatic nitrogens is 1. The normalized spacial score (nSPS) is 11.6. The molecule has 0 aliphatic rings. The number of hydrogen-bond donors (Lipinski definition) is 2. The smallest absolute Gasteiger partial charge is 0.271 e. The number of amides is 1. The third kappa shape index (κ3) is 4.39. The van der Waals surface area contributed by atoms with Crippen LogP contribution in [0.5, 0.6) is 17.2 Å². The number of nitrogens with zero attached hydrogens (tertiary/aromatic N) is 1. The Morgan fingerprint density at radius 2 is 1.73 bits per heavy atom. The minimum absolute atomic E-state index is 0.210. The molecular weight excluding hydrogens is 404 g/mol. The van der Waals surface area contributed by atoms with Gasteiger partial charge in [0.1, 0.15) is 10.7 Å². The summed E-state index contributed by atoms with van der Waals surface area (Å²) in [6.45, 7) is 1.63. The third-order valence-corrected chi connectivity index (χ3v) is 5.63. The molecule has 0 radical (unpaired) electrons. The van der Waals surface area contributed by atoms with Crippen molar-refractivity contribution < 1.29 is 24.1 Å². The fourth-order valence-electron chi connectivity index (χ4n) is 3.08. The van der Waals surface area contributed by atoms with Crippen molar-refractivity contribution in [2.24, 2.45) is 0 Å². The van der Waals surface area contributed by atoms with Crippen molar-refractivity contribution in [1.29, 1.82) is 0 Å². The molecule has 7 nitrogen and oxygen atoms in total. The summed E-state index contributed by atoms with van der Waals surface area (Å²) in [7, 11) is 4.64. The van der Waals surface area contributed by atoms with Gasteiger partial charge in [-0.25, -0.2) is 4.98 Å². The summed E-state index contributed by atoms with van der Waals surface area (Å²) < 4.78 is 16.2. The number of rotatable bonds is 8. The van der Waals surface area contributed by atoms with E-state index in [0.717, 1.165) is 16.0 Å². The topological polar surface area (TPSA) is 89.9 Å². The first-order valence-corrected chi connectivity index (χ1v) is 10.1. The van der Waals surface area contributed by atoms with Gasteiger partial charge in [0.2, 0.25) is 5.75 Å². The minimum atomic E-state index is -0.510. The maximum absolute atomic E-state index is 12.9. The summed E-state index contributed by atoms with van der Waals surface area (Å²) in [6, 6.07) is 12.4. The van der Waals surface area contributed by atoms with Gasteiger partial charge in [0.15, 0.2) is 11.5 Å². The van der Waals surface area contributed by atoms with E-state index in [1.807, 2.05) is 37.3 Å². The standard InChI is InChI=1S/C22H24N2O5S/c1-13-19(21(26)23-16(12-25)14-8-6-5-7-9-14)24-22(30-13)15-10-17(27-2)20(29-4)18(11-15)28-3/h5-11,16,25H,12H2,1-4H3,(H,23,26)/t16-/m0/s1. The number of aliphatic hydroxyl groups excluding tert-OH is 1. The number of benzene rings is 2. The van der Waals surface area contributed by atoms with Gasteiger partial charge < -0.3 is 24.6 Å². The molecule has 0 unspecified atom stereocenters. The molecule has 0 bridgehead atoms. The van der Waals surface area contributed by atoms with Crippen LogP contribution in [0.1, 0.15) is 27.0 Å². The highest BCUT2D eigenvalue weighted by Crippen LogP contribution is 2.42. The Labute approximate surface area is 179 Å². The van der Waals surface area contributed by atoms with Crippen LogP contribution in [0, 0.1) is 6.92 Å². The maximum Gasteiger partial charge on any atom is 0.271 e. The van der Waals surface area contributed by atoms with Gasteiger partial charge in [0.25, 0.3) is 5.91 Å². The Balaban J connectivity index is 1.91. The Bertz CT molecular complexity index is 995. The maximum atomic E-state index is 12.9. The summed E-state index contributed by atoms with van der Waals surface area (Å²) in [6.07, 6.45) is 0. The van der Waals surface area contributed by atoms with E-state index < -0.39 is 6.04 Å². The molecule has 3 aromatic rings. The first-order chi connectivity index (χ1) is 14.5. The average molecular weight is 429 g/mol. The molecule has 0 spiro atoms. The molecule has 30 heavy (non-hydrogen) atoms. The van der Waals surface area contributed by atoms with Crippen LogP contribution in [0.2, 0.25) is 0 Å². The molecule has 1 heterocycles. The van der Waals surface area contributed by atoms with Crippen molar-refractivity contribution in [1.82, 2.24) is 10.3 Å². The highest BCUT2D eigenvalue weighted by Gasteiger charge is 2.22. The lowest BCUT2D eigenvalue weighted by atomic mass is 10.1. The summed E-state index contributed by atoms with van der Waals surface area (Å²) in [5.41, 5.74) is 1.89.